The quantitative estimate of drug-likeness (QED) is 0.841. The lowest BCUT2D eigenvalue weighted by Crippen LogP contribution is -2.22. The molecule has 100 valence electrons. The van der Waals surface area contributed by atoms with Gasteiger partial charge < -0.3 is 14.4 Å². The standard InChI is InChI=1S/C11H12F3NO3/c1-15(2)10(16)17-7-8-3-5-9(6-4-8)18-11(12,13)14/h3-6H,7H2,1-2H3. The molecule has 1 rings (SSSR count). The molecule has 0 heterocycles. The number of nitrogens with zero attached hydrogens (tertiary/aromatic N) is 1. The van der Waals surface area contributed by atoms with Crippen LogP contribution in [0.5, 0.6) is 5.75 Å². The number of amides is 1. The first-order valence-electron chi connectivity index (χ1n) is 4.97. The number of rotatable bonds is 3. The molecule has 4 nitrogen and oxygen atoms in total. The molecule has 0 radical (unpaired) electrons. The minimum absolute atomic E-state index is 0.0106. The van der Waals surface area contributed by atoms with Crippen LogP contribution in [0.3, 0.4) is 0 Å². The largest absolute Gasteiger partial charge is 0.573 e. The van der Waals surface area contributed by atoms with E-state index in [2.05, 4.69) is 4.74 Å². The molecule has 0 bridgehead atoms. The third-order valence-electron chi connectivity index (χ3n) is 1.88. The summed E-state index contributed by atoms with van der Waals surface area (Å²) in [7, 11) is 3.06. The Kier molecular flexibility index (Phi) is 4.41. The van der Waals surface area contributed by atoms with E-state index in [4.69, 9.17) is 4.74 Å². The van der Waals surface area contributed by atoms with E-state index in [1.54, 1.807) is 0 Å². The van der Waals surface area contributed by atoms with Gasteiger partial charge >= 0.3 is 12.5 Å². The van der Waals surface area contributed by atoms with Gasteiger partial charge in [-0.05, 0) is 17.7 Å². The zero-order chi connectivity index (χ0) is 13.8. The Hall–Kier alpha value is -1.92. The maximum Gasteiger partial charge on any atom is 0.573 e. The van der Waals surface area contributed by atoms with Crippen LogP contribution in [0.2, 0.25) is 0 Å². The fraction of sp³-hybridized carbons (Fsp3) is 0.364. The Morgan fingerprint density at radius 1 is 1.22 bits per heavy atom. The van der Waals surface area contributed by atoms with E-state index in [9.17, 15) is 18.0 Å². The van der Waals surface area contributed by atoms with Gasteiger partial charge in [0, 0.05) is 14.1 Å². The van der Waals surface area contributed by atoms with Gasteiger partial charge in [0.2, 0.25) is 0 Å². The molecule has 0 atom stereocenters. The van der Waals surface area contributed by atoms with Crippen molar-refractivity contribution in [3.8, 4) is 5.75 Å². The summed E-state index contributed by atoms with van der Waals surface area (Å²) in [5.41, 5.74) is 0.569. The molecule has 7 heteroatoms. The molecular weight excluding hydrogens is 251 g/mol. The first kappa shape index (κ1) is 14.1. The highest BCUT2D eigenvalue weighted by Crippen LogP contribution is 2.22. The number of carbonyl (C=O) groups excluding carboxylic acids is 1. The molecule has 0 fully saturated rings. The van der Waals surface area contributed by atoms with Gasteiger partial charge in [0.15, 0.2) is 0 Å². The molecule has 0 unspecified atom stereocenters. The van der Waals surface area contributed by atoms with Gasteiger partial charge in [-0.15, -0.1) is 13.2 Å². The monoisotopic (exact) mass is 263 g/mol. The van der Waals surface area contributed by atoms with Crippen LogP contribution < -0.4 is 4.74 Å². The van der Waals surface area contributed by atoms with E-state index in [0.717, 1.165) is 12.1 Å². The second kappa shape index (κ2) is 5.61. The Labute approximate surface area is 102 Å². The Balaban J connectivity index is 2.53. The van der Waals surface area contributed by atoms with Gasteiger partial charge in [0.25, 0.3) is 0 Å². The van der Waals surface area contributed by atoms with Crippen molar-refractivity contribution in [3.05, 3.63) is 29.8 Å². The molecule has 0 aliphatic heterocycles. The van der Waals surface area contributed by atoms with Gasteiger partial charge in [0.05, 0.1) is 0 Å². The van der Waals surface area contributed by atoms with Crippen molar-refractivity contribution in [3.63, 3.8) is 0 Å². The first-order chi connectivity index (χ1) is 8.28. The molecule has 0 spiro atoms. The van der Waals surface area contributed by atoms with Crippen molar-refractivity contribution in [1.29, 1.82) is 0 Å². The molecule has 1 aromatic rings. The maximum absolute atomic E-state index is 11.9. The maximum atomic E-state index is 11.9. The second-order valence-electron chi connectivity index (χ2n) is 3.64. The lowest BCUT2D eigenvalue weighted by Gasteiger charge is -2.12. The molecule has 0 aliphatic carbocycles. The van der Waals surface area contributed by atoms with Gasteiger partial charge in [-0.25, -0.2) is 4.79 Å². The van der Waals surface area contributed by atoms with Crippen LogP contribution in [0.25, 0.3) is 0 Å². The zero-order valence-electron chi connectivity index (χ0n) is 9.82. The van der Waals surface area contributed by atoms with Crippen LogP contribution in [0.15, 0.2) is 24.3 Å². The second-order valence-corrected chi connectivity index (χ2v) is 3.64. The minimum atomic E-state index is -4.71. The van der Waals surface area contributed by atoms with Crippen LogP contribution in [-0.4, -0.2) is 31.5 Å². The summed E-state index contributed by atoms with van der Waals surface area (Å²) in [4.78, 5) is 12.4. The van der Waals surface area contributed by atoms with Crippen molar-refractivity contribution >= 4 is 6.09 Å². The molecule has 0 saturated heterocycles. The van der Waals surface area contributed by atoms with Crippen molar-refractivity contribution in [2.45, 2.75) is 13.0 Å². The van der Waals surface area contributed by atoms with E-state index >= 15 is 0 Å². The summed E-state index contributed by atoms with van der Waals surface area (Å²) in [6.07, 6.45) is -5.23. The molecule has 18 heavy (non-hydrogen) atoms. The highest BCUT2D eigenvalue weighted by molar-refractivity contribution is 5.66. The van der Waals surface area contributed by atoms with E-state index in [1.807, 2.05) is 0 Å². The average Bonchev–Trinajstić information content (AvgIpc) is 2.25. The van der Waals surface area contributed by atoms with Crippen molar-refractivity contribution in [1.82, 2.24) is 4.90 Å². The van der Waals surface area contributed by atoms with Crippen LogP contribution in [0, 0.1) is 0 Å². The fourth-order valence-corrected chi connectivity index (χ4v) is 1.06. The van der Waals surface area contributed by atoms with E-state index in [-0.39, 0.29) is 12.4 Å². The highest BCUT2D eigenvalue weighted by Gasteiger charge is 2.30. The molecule has 0 saturated carbocycles. The van der Waals surface area contributed by atoms with Gasteiger partial charge in [-0.3, -0.25) is 0 Å². The summed E-state index contributed by atoms with van der Waals surface area (Å²) < 4.78 is 44.2. The number of carbonyl (C=O) groups is 1. The van der Waals surface area contributed by atoms with Crippen molar-refractivity contribution in [2.75, 3.05) is 14.1 Å². The lowest BCUT2D eigenvalue weighted by atomic mass is 10.2. The summed E-state index contributed by atoms with van der Waals surface area (Å²) in [5.74, 6) is -0.315. The highest BCUT2D eigenvalue weighted by atomic mass is 19.4. The number of hydrogen-bond acceptors (Lipinski definition) is 3. The van der Waals surface area contributed by atoms with Gasteiger partial charge in [0.1, 0.15) is 12.4 Å². The number of alkyl halides is 3. The summed E-state index contributed by atoms with van der Waals surface area (Å²) in [5, 5.41) is 0. The Morgan fingerprint density at radius 3 is 2.22 bits per heavy atom. The van der Waals surface area contributed by atoms with Gasteiger partial charge in [-0.2, -0.15) is 0 Å². The molecule has 0 N–H and O–H groups in total. The smallest absolute Gasteiger partial charge is 0.445 e. The molecule has 0 aliphatic rings. The predicted octanol–water partition coefficient (Wildman–Crippen LogP) is 2.78. The number of benzene rings is 1. The number of hydrogen-bond donors (Lipinski definition) is 0. The third kappa shape index (κ3) is 4.94. The van der Waals surface area contributed by atoms with Crippen LogP contribution in [0.1, 0.15) is 5.56 Å². The summed E-state index contributed by atoms with van der Waals surface area (Å²) in [6, 6.07) is 5.10. The molecule has 0 aromatic heterocycles. The normalized spacial score (nSPS) is 10.9. The van der Waals surface area contributed by atoms with Crippen LogP contribution in [0.4, 0.5) is 18.0 Å². The molecule has 1 amide bonds. The SMILES string of the molecule is CN(C)C(=O)OCc1ccc(OC(F)(F)F)cc1. The lowest BCUT2D eigenvalue weighted by molar-refractivity contribution is -0.274. The van der Waals surface area contributed by atoms with E-state index < -0.39 is 12.5 Å². The fourth-order valence-electron chi connectivity index (χ4n) is 1.06. The van der Waals surface area contributed by atoms with Crippen LogP contribution >= 0.6 is 0 Å². The molecule has 1 aromatic carbocycles. The predicted molar refractivity (Wildman–Crippen MR) is 57.0 cm³/mol. The minimum Gasteiger partial charge on any atom is -0.445 e. The van der Waals surface area contributed by atoms with Crippen molar-refractivity contribution in [2.24, 2.45) is 0 Å². The van der Waals surface area contributed by atoms with E-state index in [1.165, 1.54) is 31.1 Å². The Morgan fingerprint density at radius 2 is 1.78 bits per heavy atom. The average molecular weight is 263 g/mol. The van der Waals surface area contributed by atoms with E-state index in [0.29, 0.717) is 5.56 Å². The summed E-state index contributed by atoms with van der Waals surface area (Å²) >= 11 is 0. The number of ether oxygens (including phenoxy) is 2. The first-order valence-corrected chi connectivity index (χ1v) is 4.97. The number of halogens is 3. The van der Waals surface area contributed by atoms with Crippen LogP contribution in [-0.2, 0) is 11.3 Å². The van der Waals surface area contributed by atoms with Gasteiger partial charge in [-0.1, -0.05) is 12.1 Å². The molecular formula is C11H12F3NO3. The van der Waals surface area contributed by atoms with Crippen molar-refractivity contribution < 1.29 is 27.4 Å². The summed E-state index contributed by atoms with van der Waals surface area (Å²) in [6.45, 7) is -0.0106. The zero-order valence-corrected chi connectivity index (χ0v) is 9.82. The Bertz CT molecular complexity index is 401. The third-order valence-corrected chi connectivity index (χ3v) is 1.88. The topological polar surface area (TPSA) is 38.8 Å².